The van der Waals surface area contributed by atoms with Crippen molar-refractivity contribution in [2.45, 2.75) is 6.42 Å². The lowest BCUT2D eigenvalue weighted by Crippen LogP contribution is -2.05. The molecule has 1 aromatic carbocycles. The fourth-order valence-corrected chi connectivity index (χ4v) is 2.46. The van der Waals surface area contributed by atoms with Crippen LogP contribution in [0.5, 0.6) is 0 Å². The van der Waals surface area contributed by atoms with E-state index in [0.717, 1.165) is 0 Å². The number of methoxy groups -OCH3 is 1. The van der Waals surface area contributed by atoms with Crippen molar-refractivity contribution < 1.29 is 15.7 Å². The van der Waals surface area contributed by atoms with Crippen LogP contribution in [0.1, 0.15) is 5.56 Å². The average Bonchev–Trinajstić information content (AvgIpc) is 2.18. The Bertz CT molecular complexity index is 401. The summed E-state index contributed by atoms with van der Waals surface area (Å²) in [4.78, 5) is 10.9. The molecule has 0 unspecified atom stereocenters. The zero-order valence-electron chi connectivity index (χ0n) is 7.53. The summed E-state index contributed by atoms with van der Waals surface area (Å²) in [7, 11) is 1.27. The Morgan fingerprint density at radius 2 is 2.00 bits per heavy atom. The highest BCUT2D eigenvalue weighted by Crippen LogP contribution is 2.21. The Balaban J connectivity index is 3.01. The first kappa shape index (κ1) is 11.1. The molecule has 0 bridgehead atoms. The van der Waals surface area contributed by atoms with Gasteiger partial charge in [0.1, 0.15) is 0 Å². The lowest BCUT2D eigenvalue weighted by molar-refractivity contribution is -0.139. The van der Waals surface area contributed by atoms with E-state index in [0.29, 0.717) is 5.56 Å². The molecule has 4 nitrogen and oxygen atoms in total. The number of halogens is 1. The molecule has 0 fully saturated rings. The summed E-state index contributed by atoms with van der Waals surface area (Å²) >= 11 is -3.51. The van der Waals surface area contributed by atoms with Crippen LogP contribution in [0, 0.1) is 3.57 Å². The van der Waals surface area contributed by atoms with E-state index >= 15 is 0 Å². The third-order valence-corrected chi connectivity index (χ3v) is 3.69. The summed E-state index contributed by atoms with van der Waals surface area (Å²) in [6, 6.07) is 6.45. The second-order valence-corrected chi connectivity index (χ2v) is 4.96. The highest BCUT2D eigenvalue weighted by Gasteiger charge is 2.10. The third-order valence-electron chi connectivity index (χ3n) is 1.69. The number of rotatable bonds is 3. The van der Waals surface area contributed by atoms with Crippen LogP contribution in [0.2, 0.25) is 0 Å². The highest BCUT2D eigenvalue weighted by atomic mass is 127. The van der Waals surface area contributed by atoms with Crippen molar-refractivity contribution in [3.63, 3.8) is 0 Å². The minimum absolute atomic E-state index is 0.00509. The second-order valence-electron chi connectivity index (χ2n) is 2.56. The van der Waals surface area contributed by atoms with Crippen LogP contribution >= 0.6 is 19.8 Å². The molecule has 76 valence electrons. The molecule has 1 rings (SSSR count). The zero-order valence-corrected chi connectivity index (χ0v) is 9.68. The van der Waals surface area contributed by atoms with E-state index in [4.69, 9.17) is 0 Å². The summed E-state index contributed by atoms with van der Waals surface area (Å²) in [5, 5.41) is 0. The summed E-state index contributed by atoms with van der Waals surface area (Å²) in [5.74, 6) is -0.435. The molecule has 0 heterocycles. The van der Waals surface area contributed by atoms with Crippen LogP contribution in [-0.2, 0) is 22.1 Å². The summed E-state index contributed by atoms with van der Waals surface area (Å²) in [6.45, 7) is 0. The molecule has 1 aromatic rings. The Hall–Kier alpha value is -0.980. The molecule has 0 aliphatic heterocycles. The summed E-state index contributed by atoms with van der Waals surface area (Å²) in [5.41, 5.74) is 0.509. The maximum Gasteiger partial charge on any atom is 0.341 e. The Kier molecular flexibility index (Phi) is 3.99. The van der Waals surface area contributed by atoms with Gasteiger partial charge in [-0.25, -0.2) is 6.14 Å². The number of benzene rings is 1. The number of carbonyl (C=O) groups excluding carboxylic acids is 1. The largest absolute Gasteiger partial charge is 0.469 e. The van der Waals surface area contributed by atoms with Gasteiger partial charge in [-0.05, 0) is 11.6 Å². The molecule has 14 heavy (non-hydrogen) atoms. The van der Waals surface area contributed by atoms with Gasteiger partial charge >= 0.3 is 25.8 Å². The molecule has 0 N–H and O–H groups in total. The quantitative estimate of drug-likeness (QED) is 0.631. The smallest absolute Gasteiger partial charge is 0.341 e. The first-order valence-electron chi connectivity index (χ1n) is 3.85. The fraction of sp³-hybridized carbons (Fsp3) is 0.222. The van der Waals surface area contributed by atoms with Crippen LogP contribution in [-0.4, -0.2) is 13.1 Å². The van der Waals surface area contributed by atoms with E-state index in [9.17, 15) is 10.9 Å². The van der Waals surface area contributed by atoms with E-state index in [2.05, 4.69) is 4.74 Å². The Morgan fingerprint density at radius 3 is 2.57 bits per heavy atom. The van der Waals surface area contributed by atoms with Gasteiger partial charge < -0.3 is 4.74 Å². The first-order valence-corrected chi connectivity index (χ1v) is 6.69. The molecule has 0 amide bonds. The predicted molar refractivity (Wildman–Crippen MR) is 56.3 cm³/mol. The molecule has 0 saturated heterocycles. The van der Waals surface area contributed by atoms with Crippen molar-refractivity contribution in [1.82, 2.24) is 0 Å². The van der Waals surface area contributed by atoms with E-state index in [1.807, 2.05) is 0 Å². The maximum absolute atomic E-state index is 10.9. The molecule has 5 heteroatoms. The Labute approximate surface area is 88.4 Å². The van der Waals surface area contributed by atoms with Gasteiger partial charge in [-0.1, -0.05) is 18.2 Å². The topological polar surface area (TPSA) is 60.4 Å². The molecule has 0 aromatic heterocycles. The van der Waals surface area contributed by atoms with Crippen molar-refractivity contribution >= 4 is 25.8 Å². The third kappa shape index (κ3) is 2.76. The number of ether oxygens (including phenoxy) is 1. The predicted octanol–water partition coefficient (Wildman–Crippen LogP) is 1.77. The summed E-state index contributed by atoms with van der Waals surface area (Å²) < 4.78 is 26.5. The van der Waals surface area contributed by atoms with Crippen molar-refractivity contribution in [1.29, 1.82) is 0 Å². The number of hydrogen-bond acceptors (Lipinski definition) is 4. The van der Waals surface area contributed by atoms with Gasteiger partial charge in [-0.3, -0.25) is 4.79 Å². The first-order chi connectivity index (χ1) is 6.65. The van der Waals surface area contributed by atoms with E-state index in [1.54, 1.807) is 18.2 Å². The molecule has 0 atom stereocenters. The maximum atomic E-state index is 10.9. The second kappa shape index (κ2) is 5.04. The fourth-order valence-electron chi connectivity index (χ4n) is 1.02. The number of hydrogen-bond donors (Lipinski definition) is 0. The van der Waals surface area contributed by atoms with Gasteiger partial charge in [0.2, 0.25) is 0 Å². The van der Waals surface area contributed by atoms with E-state index in [1.165, 1.54) is 13.2 Å². The van der Waals surface area contributed by atoms with Gasteiger partial charge in [0.15, 0.2) is 0 Å². The van der Waals surface area contributed by atoms with Gasteiger partial charge in [0.25, 0.3) is 0 Å². The van der Waals surface area contributed by atoms with Crippen LogP contribution in [0.25, 0.3) is 0 Å². The minimum Gasteiger partial charge on any atom is -0.469 e. The molecular formula is C9H9IO4. The van der Waals surface area contributed by atoms with Gasteiger partial charge in [0, 0.05) is 0 Å². The summed E-state index contributed by atoms with van der Waals surface area (Å²) in [6.07, 6.45) is 0.00509. The van der Waals surface area contributed by atoms with Gasteiger partial charge in [-0.2, -0.15) is 0 Å². The SMILES string of the molecule is COC(=O)Cc1ccccc1I(=O)=O. The standard InChI is InChI=1S/C9H9IO4/c1-14-9(11)6-7-4-2-3-5-8(7)10(12)13/h2-5H,6H2,1H3. The van der Waals surface area contributed by atoms with Crippen LogP contribution in [0.15, 0.2) is 24.3 Å². The van der Waals surface area contributed by atoms with Crippen molar-refractivity contribution in [3.8, 4) is 0 Å². The number of carbonyl (C=O) groups is 1. The Morgan fingerprint density at radius 1 is 1.36 bits per heavy atom. The lowest BCUT2D eigenvalue weighted by Gasteiger charge is -2.01. The van der Waals surface area contributed by atoms with Crippen LogP contribution in [0.4, 0.5) is 0 Å². The van der Waals surface area contributed by atoms with Gasteiger partial charge in [0.05, 0.1) is 17.1 Å². The normalized spacial score (nSPS) is 10.1. The molecule has 0 saturated carbocycles. The highest BCUT2D eigenvalue weighted by molar-refractivity contribution is 14.2. The van der Waals surface area contributed by atoms with Crippen molar-refractivity contribution in [2.75, 3.05) is 7.11 Å². The van der Waals surface area contributed by atoms with Crippen molar-refractivity contribution in [2.24, 2.45) is 0 Å². The molecule has 0 radical (unpaired) electrons. The van der Waals surface area contributed by atoms with Crippen LogP contribution < -0.4 is 0 Å². The lowest BCUT2D eigenvalue weighted by atomic mass is 10.2. The monoisotopic (exact) mass is 308 g/mol. The van der Waals surface area contributed by atoms with Gasteiger partial charge in [-0.15, -0.1) is 0 Å². The average molecular weight is 308 g/mol. The number of esters is 1. The molecule has 0 aliphatic carbocycles. The molecule has 0 spiro atoms. The molecular weight excluding hydrogens is 299 g/mol. The zero-order chi connectivity index (χ0) is 10.6. The molecule has 0 aliphatic rings. The van der Waals surface area contributed by atoms with Crippen molar-refractivity contribution in [3.05, 3.63) is 33.4 Å². The minimum atomic E-state index is -3.51. The van der Waals surface area contributed by atoms with E-state index in [-0.39, 0.29) is 9.99 Å². The van der Waals surface area contributed by atoms with Crippen LogP contribution in [0.3, 0.4) is 0 Å². The van der Waals surface area contributed by atoms with E-state index < -0.39 is 25.8 Å².